The molecule has 1 radical (unpaired) electrons. The van der Waals surface area contributed by atoms with Crippen LogP contribution >= 0.6 is 23.5 Å². The maximum absolute atomic E-state index is 12.9. The van der Waals surface area contributed by atoms with Gasteiger partial charge >= 0.3 is 70.4 Å². The van der Waals surface area contributed by atoms with Crippen LogP contribution in [0.3, 0.4) is 0 Å². The van der Waals surface area contributed by atoms with Crippen molar-refractivity contribution in [2.45, 2.75) is 83.1 Å². The van der Waals surface area contributed by atoms with Gasteiger partial charge in [0, 0.05) is 33.4 Å². The first-order valence-electron chi connectivity index (χ1n) is 41.0. The molecule has 0 saturated heterocycles. The van der Waals surface area contributed by atoms with Crippen LogP contribution in [-0.2, 0) is 13.7 Å². The fraction of sp³-hybridized carbons (Fsp3) is 0.111. The number of benzene rings is 18. The molecule has 0 unspecified atom stereocenters. The van der Waals surface area contributed by atoms with Gasteiger partial charge in [-0.15, -0.1) is 0 Å². The standard InChI is InChI=1S/3C36H29O4P.Yb/c3*1-21-7-5-8-22(2)33(21)27-11-15-29-25(19-27)13-17-31-35(29)36-30-16-12-28(34-23(3)9-6-10-24(34)4)20-26(30)14-18-32(36)40-41(37,38)39-31;/h3*5-20H,1-4H3,(H,37,38);/q;;;+3/p-3. The number of rotatable bonds is 6. The maximum Gasteiger partial charge on any atom is 3.00 e. The molecule has 0 bridgehead atoms. The molecular formula is C108H84O12P3Yb. The molecule has 3 aliphatic heterocycles. The summed E-state index contributed by atoms with van der Waals surface area (Å²) in [4.78, 5) is 38.6. The largest absolute Gasteiger partial charge is 3.00 e. The quantitative estimate of drug-likeness (QED) is 0.144. The molecule has 3 aliphatic rings. The topological polar surface area (TPSA) is 176 Å². The van der Waals surface area contributed by atoms with E-state index in [-0.39, 0.29) is 81.4 Å². The van der Waals surface area contributed by atoms with Gasteiger partial charge in [0.25, 0.3) is 0 Å². The summed E-state index contributed by atoms with van der Waals surface area (Å²) in [6, 6.07) is 97.8. The minimum Gasteiger partial charge on any atom is -0.736 e. The Kier molecular flexibility index (Phi) is 21.8. The fourth-order valence-electron chi connectivity index (χ4n) is 19.2. The number of aryl methyl sites for hydroxylation is 12. The van der Waals surface area contributed by atoms with Crippen molar-refractivity contribution in [3.8, 4) is 135 Å². The van der Waals surface area contributed by atoms with Gasteiger partial charge in [-0.2, -0.15) is 0 Å². The van der Waals surface area contributed by atoms with E-state index in [0.717, 1.165) is 98.0 Å². The Morgan fingerprint density at radius 3 is 0.435 bits per heavy atom. The summed E-state index contributed by atoms with van der Waals surface area (Å²) < 4.78 is 71.9. The van der Waals surface area contributed by atoms with E-state index >= 15 is 0 Å². The first kappa shape index (κ1) is 83.3. The van der Waals surface area contributed by atoms with Gasteiger partial charge in [-0.25, -0.2) is 13.7 Å². The van der Waals surface area contributed by atoms with Crippen molar-refractivity contribution >= 4 is 88.1 Å². The maximum atomic E-state index is 12.9. The van der Waals surface area contributed by atoms with Crippen LogP contribution in [0.1, 0.15) is 66.8 Å². The molecule has 124 heavy (non-hydrogen) atoms. The van der Waals surface area contributed by atoms with Crippen LogP contribution in [-0.4, -0.2) is 0 Å². The van der Waals surface area contributed by atoms with E-state index in [4.69, 9.17) is 27.1 Å². The molecule has 0 aromatic heterocycles. The Labute approximate surface area is 759 Å². The molecule has 16 heteroatoms. The van der Waals surface area contributed by atoms with Crippen molar-refractivity contribution in [1.29, 1.82) is 0 Å². The predicted octanol–water partition coefficient (Wildman–Crippen LogP) is 28.4. The van der Waals surface area contributed by atoms with Crippen molar-refractivity contribution in [2.24, 2.45) is 0 Å². The Morgan fingerprint density at radius 2 is 0.306 bits per heavy atom. The van der Waals surface area contributed by atoms with Gasteiger partial charge < -0.3 is 41.8 Å². The van der Waals surface area contributed by atoms with Crippen molar-refractivity contribution in [1.82, 2.24) is 0 Å². The molecule has 18 aromatic rings. The van der Waals surface area contributed by atoms with E-state index in [1.165, 1.54) is 100 Å². The molecule has 12 nitrogen and oxygen atoms in total. The van der Waals surface area contributed by atoms with Crippen LogP contribution in [0.25, 0.3) is 165 Å². The van der Waals surface area contributed by atoms with Gasteiger partial charge in [0.05, 0.1) is 0 Å². The summed E-state index contributed by atoms with van der Waals surface area (Å²) in [7, 11) is -13.9. The molecule has 0 atom stereocenters. The van der Waals surface area contributed by atoms with Crippen molar-refractivity contribution < 1.29 is 102 Å². The number of fused-ring (bicyclic) bond motifs is 21. The zero-order valence-electron chi connectivity index (χ0n) is 70.2. The number of phosphoric ester groups is 3. The zero-order valence-corrected chi connectivity index (χ0v) is 74.6. The van der Waals surface area contributed by atoms with Crippen LogP contribution in [0.15, 0.2) is 291 Å². The third-order valence-electron chi connectivity index (χ3n) is 24.5. The summed E-state index contributed by atoms with van der Waals surface area (Å²) >= 11 is 0. The Hall–Kier alpha value is -11.6. The van der Waals surface area contributed by atoms with Crippen LogP contribution in [0.2, 0.25) is 0 Å². The monoisotopic (exact) mass is 1840 g/mol. The third kappa shape index (κ3) is 15.2. The van der Waals surface area contributed by atoms with Crippen LogP contribution in [0.4, 0.5) is 0 Å². The van der Waals surface area contributed by atoms with E-state index < -0.39 is 23.5 Å². The molecule has 0 N–H and O–H groups in total. The Morgan fingerprint density at radius 1 is 0.177 bits per heavy atom. The van der Waals surface area contributed by atoms with Gasteiger partial charge in [0.1, 0.15) is 34.5 Å². The fourth-order valence-corrected chi connectivity index (χ4v) is 21.7. The first-order chi connectivity index (χ1) is 59.1. The summed E-state index contributed by atoms with van der Waals surface area (Å²) in [5.74, 6) is 1.59. The summed E-state index contributed by atoms with van der Waals surface area (Å²) in [5.41, 5.74) is 32.7. The Balaban J connectivity index is 0.000000126. The van der Waals surface area contributed by atoms with Crippen molar-refractivity contribution in [3.63, 3.8) is 0 Å². The average molecular weight is 1840 g/mol. The van der Waals surface area contributed by atoms with Gasteiger partial charge in [-0.05, 0) is 354 Å². The van der Waals surface area contributed by atoms with E-state index in [2.05, 4.69) is 301 Å². The van der Waals surface area contributed by atoms with Crippen LogP contribution < -0.4 is 41.8 Å². The van der Waals surface area contributed by atoms with Gasteiger partial charge in [-0.1, -0.05) is 218 Å². The first-order valence-corrected chi connectivity index (χ1v) is 45.4. The molecule has 0 fully saturated rings. The van der Waals surface area contributed by atoms with Gasteiger partial charge in [-0.3, -0.25) is 0 Å². The summed E-state index contributed by atoms with van der Waals surface area (Å²) in [6.45, 7) is 25.4. The number of phosphoric acid groups is 3. The molecule has 0 aliphatic carbocycles. The minimum atomic E-state index is -4.64. The smallest absolute Gasteiger partial charge is 0.736 e. The third-order valence-corrected chi connectivity index (χ3v) is 27.0. The second-order valence-corrected chi connectivity index (χ2v) is 36.5. The Bertz CT molecular complexity index is 6440. The molecule has 617 valence electrons. The van der Waals surface area contributed by atoms with E-state index in [1.54, 1.807) is 36.4 Å². The minimum absolute atomic E-state index is 0. The molecular weight excluding hydrogens is 1760 g/mol. The molecule has 18 aromatic carbocycles. The van der Waals surface area contributed by atoms with Crippen LogP contribution in [0, 0.1) is 130 Å². The molecule has 0 amide bonds. The van der Waals surface area contributed by atoms with Crippen LogP contribution in [0.5, 0.6) is 34.5 Å². The molecule has 0 saturated carbocycles. The van der Waals surface area contributed by atoms with E-state index in [1.807, 2.05) is 36.4 Å². The second kappa shape index (κ2) is 32.5. The van der Waals surface area contributed by atoms with E-state index in [0.29, 0.717) is 33.4 Å². The normalized spacial score (nSPS) is 13.6. The average Bonchev–Trinajstić information content (AvgIpc) is 1.59. The molecule has 0 spiro atoms. The SMILES string of the molecule is Cc1cccc(C)c1-c1ccc2c3c(ccc2c1)OP(=O)([O-])Oc1ccc2cc(-c4c(C)cccc4C)ccc2c1-3.Cc1cccc(C)c1-c1ccc2c3c(ccc2c1)OP(=O)([O-])Oc1ccc2cc(-c4c(C)cccc4C)ccc2c1-3.Cc1cccc(C)c1-c1ccc2c3c(ccc2c1)OP(=O)([O-])Oc1ccc2cc(-c4c(C)cccc4C)ccc2c1-3.[Yb+3]. The molecule has 21 rings (SSSR count). The number of hydrogen-bond acceptors (Lipinski definition) is 12. The predicted molar refractivity (Wildman–Crippen MR) is 497 cm³/mol. The molecule has 3 heterocycles. The van der Waals surface area contributed by atoms with Gasteiger partial charge in [0.15, 0.2) is 0 Å². The van der Waals surface area contributed by atoms with Crippen molar-refractivity contribution in [3.05, 3.63) is 358 Å². The van der Waals surface area contributed by atoms with Crippen molar-refractivity contribution in [2.75, 3.05) is 0 Å². The second-order valence-electron chi connectivity index (χ2n) is 32.7. The van der Waals surface area contributed by atoms with Gasteiger partial charge in [0.2, 0.25) is 0 Å². The summed E-state index contributed by atoms with van der Waals surface area (Å²) in [6.07, 6.45) is 0. The van der Waals surface area contributed by atoms with E-state index in [9.17, 15) is 28.4 Å². The number of hydrogen-bond donors (Lipinski definition) is 0. The summed E-state index contributed by atoms with van der Waals surface area (Å²) in [5, 5.41) is 11.3. The zero-order chi connectivity index (χ0) is 85.4.